The summed E-state index contributed by atoms with van der Waals surface area (Å²) < 4.78 is 15.0. The molecule has 1 aromatic heterocycles. The third-order valence-corrected chi connectivity index (χ3v) is 2.54. The fourth-order valence-corrected chi connectivity index (χ4v) is 1.79. The van der Waals surface area contributed by atoms with Crippen molar-refractivity contribution in [1.29, 1.82) is 0 Å². The average molecular weight is 233 g/mol. The van der Waals surface area contributed by atoms with Crippen molar-refractivity contribution in [3.63, 3.8) is 0 Å². The van der Waals surface area contributed by atoms with Crippen LogP contribution in [0, 0.1) is 11.7 Å². The van der Waals surface area contributed by atoms with Crippen LogP contribution >= 0.6 is 0 Å². The molecule has 0 unspecified atom stereocenters. The summed E-state index contributed by atoms with van der Waals surface area (Å²) in [6, 6.07) is 6.32. The Labute approximate surface area is 100 Å². The van der Waals surface area contributed by atoms with Crippen molar-refractivity contribution in [3.05, 3.63) is 36.4 Å². The number of imidazole rings is 1. The molecule has 1 aromatic carbocycles. The molecule has 17 heavy (non-hydrogen) atoms. The smallest absolute Gasteiger partial charge is 0.131 e. The van der Waals surface area contributed by atoms with Gasteiger partial charge in [0.05, 0.1) is 6.33 Å². The van der Waals surface area contributed by atoms with Crippen molar-refractivity contribution in [2.24, 2.45) is 5.92 Å². The van der Waals surface area contributed by atoms with Crippen LogP contribution in [0.5, 0.6) is 0 Å². The Kier molecular flexibility index (Phi) is 3.13. The van der Waals surface area contributed by atoms with Crippen molar-refractivity contribution in [1.82, 2.24) is 9.55 Å². The molecule has 90 valence electrons. The minimum atomic E-state index is -0.277. The molecule has 1 heterocycles. The van der Waals surface area contributed by atoms with Gasteiger partial charge in [0.15, 0.2) is 0 Å². The molecule has 0 amide bonds. The van der Waals surface area contributed by atoms with E-state index < -0.39 is 0 Å². The van der Waals surface area contributed by atoms with E-state index in [1.54, 1.807) is 12.4 Å². The first kappa shape index (κ1) is 11.6. The van der Waals surface area contributed by atoms with Crippen LogP contribution in [0.2, 0.25) is 0 Å². The van der Waals surface area contributed by atoms with Gasteiger partial charge < -0.3 is 10.3 Å². The van der Waals surface area contributed by atoms with Gasteiger partial charge in [0.2, 0.25) is 0 Å². The highest BCUT2D eigenvalue weighted by molar-refractivity contribution is 5.70. The summed E-state index contributed by atoms with van der Waals surface area (Å²) in [5, 5.41) is 0. The predicted octanol–water partition coefficient (Wildman–Crippen LogP) is 2.93. The summed E-state index contributed by atoms with van der Waals surface area (Å²) in [4.78, 5) is 4.25. The van der Waals surface area contributed by atoms with Crippen LogP contribution in [0.1, 0.15) is 13.8 Å². The number of benzene rings is 1. The van der Waals surface area contributed by atoms with Crippen molar-refractivity contribution in [2.75, 3.05) is 5.73 Å². The van der Waals surface area contributed by atoms with Gasteiger partial charge in [-0.2, -0.15) is 0 Å². The Hall–Kier alpha value is -1.84. The maximum absolute atomic E-state index is 13.1. The average Bonchev–Trinajstić information content (AvgIpc) is 2.60. The van der Waals surface area contributed by atoms with E-state index in [9.17, 15) is 4.39 Å². The minimum absolute atomic E-state index is 0.277. The van der Waals surface area contributed by atoms with E-state index in [1.165, 1.54) is 12.1 Å². The molecule has 0 aliphatic heterocycles. The molecule has 0 bridgehead atoms. The first-order valence-electron chi connectivity index (χ1n) is 5.64. The number of nitrogens with zero attached hydrogens (tertiary/aromatic N) is 2. The molecule has 0 spiro atoms. The first-order valence-corrected chi connectivity index (χ1v) is 5.64. The van der Waals surface area contributed by atoms with E-state index in [2.05, 4.69) is 18.8 Å². The van der Waals surface area contributed by atoms with Crippen molar-refractivity contribution < 1.29 is 4.39 Å². The van der Waals surface area contributed by atoms with Gasteiger partial charge in [0.25, 0.3) is 0 Å². The Balaban J connectivity index is 2.37. The molecule has 2 N–H and O–H groups in total. The number of rotatable bonds is 3. The number of aromatic nitrogens is 2. The normalized spacial score (nSPS) is 11.1. The van der Waals surface area contributed by atoms with Crippen molar-refractivity contribution in [2.45, 2.75) is 20.4 Å². The van der Waals surface area contributed by atoms with Crippen molar-refractivity contribution in [3.8, 4) is 11.3 Å². The van der Waals surface area contributed by atoms with Gasteiger partial charge in [-0.1, -0.05) is 26.0 Å². The highest BCUT2D eigenvalue weighted by Gasteiger charge is 2.10. The van der Waals surface area contributed by atoms with E-state index in [1.807, 2.05) is 10.6 Å². The number of nitrogen functional groups attached to an aromatic ring is 1. The summed E-state index contributed by atoms with van der Waals surface area (Å²) in [6.45, 7) is 5.04. The number of nitrogens with two attached hydrogens (primary N) is 1. The van der Waals surface area contributed by atoms with Crippen LogP contribution in [-0.2, 0) is 6.54 Å². The summed E-state index contributed by atoms with van der Waals surface area (Å²) in [6.07, 6.45) is 1.70. The second kappa shape index (κ2) is 4.57. The van der Waals surface area contributed by atoms with Gasteiger partial charge in [-0.15, -0.1) is 0 Å². The Morgan fingerprint density at radius 2 is 2.18 bits per heavy atom. The van der Waals surface area contributed by atoms with Gasteiger partial charge in [-0.25, -0.2) is 9.37 Å². The van der Waals surface area contributed by atoms with Crippen LogP contribution in [0.15, 0.2) is 30.6 Å². The second-order valence-corrected chi connectivity index (χ2v) is 4.53. The van der Waals surface area contributed by atoms with Crippen LogP contribution in [-0.4, -0.2) is 9.55 Å². The van der Waals surface area contributed by atoms with Gasteiger partial charge in [-0.05, 0) is 18.1 Å². The van der Waals surface area contributed by atoms with Crippen LogP contribution < -0.4 is 5.73 Å². The molecule has 0 aliphatic rings. The maximum atomic E-state index is 13.1. The molecule has 0 radical (unpaired) electrons. The van der Waals surface area contributed by atoms with E-state index in [0.29, 0.717) is 23.0 Å². The predicted molar refractivity (Wildman–Crippen MR) is 66.9 cm³/mol. The summed E-state index contributed by atoms with van der Waals surface area (Å²) >= 11 is 0. The Bertz CT molecular complexity index is 517. The lowest BCUT2D eigenvalue weighted by molar-refractivity contribution is 0.527. The monoisotopic (exact) mass is 233 g/mol. The molecule has 2 rings (SSSR count). The molecular weight excluding hydrogens is 217 g/mol. The molecule has 0 aliphatic carbocycles. The van der Waals surface area contributed by atoms with Gasteiger partial charge in [0.1, 0.15) is 17.3 Å². The molecular formula is C13H16FN3. The molecule has 2 aromatic rings. The molecule has 0 fully saturated rings. The van der Waals surface area contributed by atoms with E-state index in [0.717, 1.165) is 6.54 Å². The fourth-order valence-electron chi connectivity index (χ4n) is 1.79. The van der Waals surface area contributed by atoms with Crippen molar-refractivity contribution >= 4 is 5.82 Å². The van der Waals surface area contributed by atoms with Gasteiger partial charge in [0, 0.05) is 12.1 Å². The number of hydrogen-bond donors (Lipinski definition) is 1. The minimum Gasteiger partial charge on any atom is -0.383 e. The van der Waals surface area contributed by atoms with Crippen LogP contribution in [0.25, 0.3) is 11.3 Å². The van der Waals surface area contributed by atoms with E-state index >= 15 is 0 Å². The lowest BCUT2D eigenvalue weighted by atomic mass is 10.1. The lowest BCUT2D eigenvalue weighted by Crippen LogP contribution is -2.06. The topological polar surface area (TPSA) is 43.8 Å². The zero-order valence-corrected chi connectivity index (χ0v) is 10.0. The molecule has 0 saturated carbocycles. The van der Waals surface area contributed by atoms with E-state index in [4.69, 9.17) is 5.73 Å². The first-order chi connectivity index (χ1) is 8.08. The summed E-state index contributed by atoms with van der Waals surface area (Å²) in [7, 11) is 0. The SMILES string of the molecule is CC(C)Cn1cnc(-c2cccc(F)c2)c1N. The zero-order chi connectivity index (χ0) is 12.4. The second-order valence-electron chi connectivity index (χ2n) is 4.53. The van der Waals surface area contributed by atoms with Gasteiger partial charge in [-0.3, -0.25) is 0 Å². The maximum Gasteiger partial charge on any atom is 0.131 e. The van der Waals surface area contributed by atoms with Gasteiger partial charge >= 0.3 is 0 Å². The third kappa shape index (κ3) is 2.46. The highest BCUT2D eigenvalue weighted by Crippen LogP contribution is 2.25. The standard InChI is InChI=1S/C13H16FN3/c1-9(2)7-17-8-16-12(13(17)15)10-4-3-5-11(14)6-10/h3-6,8-9H,7,15H2,1-2H3. The third-order valence-electron chi connectivity index (χ3n) is 2.54. The quantitative estimate of drug-likeness (QED) is 0.885. The number of halogens is 1. The fraction of sp³-hybridized carbons (Fsp3) is 0.308. The number of anilines is 1. The Morgan fingerprint density at radius 1 is 1.41 bits per heavy atom. The largest absolute Gasteiger partial charge is 0.383 e. The van der Waals surface area contributed by atoms with Crippen LogP contribution in [0.3, 0.4) is 0 Å². The molecule has 3 nitrogen and oxygen atoms in total. The highest BCUT2D eigenvalue weighted by atomic mass is 19.1. The number of hydrogen-bond acceptors (Lipinski definition) is 2. The van der Waals surface area contributed by atoms with Crippen LogP contribution in [0.4, 0.5) is 10.2 Å². The lowest BCUT2D eigenvalue weighted by Gasteiger charge is -2.08. The van der Waals surface area contributed by atoms with E-state index in [-0.39, 0.29) is 5.82 Å². The molecule has 4 heteroatoms. The molecule has 0 atom stereocenters. The zero-order valence-electron chi connectivity index (χ0n) is 10.0. The summed E-state index contributed by atoms with van der Waals surface area (Å²) in [5.41, 5.74) is 7.37. The Morgan fingerprint density at radius 3 is 2.82 bits per heavy atom. The summed E-state index contributed by atoms with van der Waals surface area (Å²) in [5.74, 6) is 0.802. The molecule has 0 saturated heterocycles.